The predicted molar refractivity (Wildman–Crippen MR) is 105 cm³/mol. The second-order valence-corrected chi connectivity index (χ2v) is 8.45. The van der Waals surface area contributed by atoms with Crippen LogP contribution in [0.25, 0.3) is 10.2 Å². The Hall–Kier alpha value is -1.80. The summed E-state index contributed by atoms with van der Waals surface area (Å²) in [5, 5.41) is 3.08. The molecular formula is C18H23N3O3S2. The van der Waals surface area contributed by atoms with Gasteiger partial charge in [0.2, 0.25) is 5.91 Å². The van der Waals surface area contributed by atoms with Crippen LogP contribution in [-0.4, -0.2) is 53.4 Å². The first kappa shape index (κ1) is 19.0. The molecule has 1 aromatic heterocycles. The summed E-state index contributed by atoms with van der Waals surface area (Å²) in [6.07, 6.45) is 1.76. The van der Waals surface area contributed by atoms with Crippen LogP contribution in [0.1, 0.15) is 26.2 Å². The maximum Gasteiger partial charge on any atom is 0.409 e. The van der Waals surface area contributed by atoms with Crippen molar-refractivity contribution in [3.8, 4) is 0 Å². The van der Waals surface area contributed by atoms with Gasteiger partial charge in [-0.25, -0.2) is 9.78 Å². The monoisotopic (exact) mass is 393 g/mol. The molecule has 0 saturated carbocycles. The molecule has 0 radical (unpaired) electrons. The van der Waals surface area contributed by atoms with Crippen LogP contribution < -0.4 is 5.32 Å². The van der Waals surface area contributed by atoms with Crippen molar-refractivity contribution in [2.45, 2.75) is 36.6 Å². The van der Waals surface area contributed by atoms with Crippen molar-refractivity contribution in [3.05, 3.63) is 24.3 Å². The standard InChI is InChI=1S/C18H23N3O3S2/c1-2-24-18(23)21-10-7-13(8-11-21)19-16(22)9-12-25-17-20-14-5-3-4-6-15(14)26-17/h3-6,13H,2,7-12H2,1H3,(H,19,22). The Morgan fingerprint density at radius 3 is 2.85 bits per heavy atom. The maximum atomic E-state index is 12.1. The highest BCUT2D eigenvalue weighted by molar-refractivity contribution is 8.01. The van der Waals surface area contributed by atoms with Crippen molar-refractivity contribution in [3.63, 3.8) is 0 Å². The fraction of sp³-hybridized carbons (Fsp3) is 0.500. The molecule has 0 bridgehead atoms. The Labute approximate surface area is 161 Å². The number of thiazole rings is 1. The second kappa shape index (κ2) is 9.23. The molecule has 1 aromatic carbocycles. The van der Waals surface area contributed by atoms with E-state index in [4.69, 9.17) is 4.74 Å². The molecule has 1 saturated heterocycles. The van der Waals surface area contributed by atoms with Gasteiger partial charge in [-0.3, -0.25) is 4.79 Å². The van der Waals surface area contributed by atoms with Gasteiger partial charge in [-0.15, -0.1) is 11.3 Å². The van der Waals surface area contributed by atoms with E-state index in [1.165, 1.54) is 4.70 Å². The summed E-state index contributed by atoms with van der Waals surface area (Å²) in [4.78, 5) is 30.1. The molecule has 140 valence electrons. The summed E-state index contributed by atoms with van der Waals surface area (Å²) in [5.74, 6) is 0.779. The first-order chi connectivity index (χ1) is 12.7. The number of piperidine rings is 1. The number of hydrogen-bond acceptors (Lipinski definition) is 6. The Morgan fingerprint density at radius 2 is 2.12 bits per heavy atom. The van der Waals surface area contributed by atoms with Crippen molar-refractivity contribution in [1.29, 1.82) is 0 Å². The summed E-state index contributed by atoms with van der Waals surface area (Å²) in [5.41, 5.74) is 1.01. The minimum Gasteiger partial charge on any atom is -0.450 e. The summed E-state index contributed by atoms with van der Waals surface area (Å²) in [7, 11) is 0. The van der Waals surface area contributed by atoms with E-state index in [0.29, 0.717) is 31.9 Å². The van der Waals surface area contributed by atoms with Gasteiger partial charge in [-0.1, -0.05) is 23.9 Å². The Balaban J connectivity index is 1.36. The smallest absolute Gasteiger partial charge is 0.409 e. The third kappa shape index (κ3) is 5.11. The van der Waals surface area contributed by atoms with E-state index in [1.807, 2.05) is 18.2 Å². The first-order valence-electron chi connectivity index (χ1n) is 8.85. The second-order valence-electron chi connectivity index (χ2n) is 6.07. The SMILES string of the molecule is CCOC(=O)N1CCC(NC(=O)CCSc2nc3ccccc3s2)CC1. The summed E-state index contributed by atoms with van der Waals surface area (Å²) >= 11 is 3.29. The zero-order valence-electron chi connectivity index (χ0n) is 14.8. The maximum absolute atomic E-state index is 12.1. The number of thioether (sulfide) groups is 1. The van der Waals surface area contributed by atoms with E-state index < -0.39 is 0 Å². The van der Waals surface area contributed by atoms with Crippen LogP contribution in [-0.2, 0) is 9.53 Å². The topological polar surface area (TPSA) is 71.5 Å². The Kier molecular flexibility index (Phi) is 6.73. The number of carbonyl (C=O) groups excluding carboxylic acids is 2. The van der Waals surface area contributed by atoms with Gasteiger partial charge in [0.1, 0.15) is 0 Å². The molecule has 0 atom stereocenters. The number of ether oxygens (including phenoxy) is 1. The average Bonchev–Trinajstić information content (AvgIpc) is 3.05. The molecule has 26 heavy (non-hydrogen) atoms. The molecule has 3 rings (SSSR count). The number of fused-ring (bicyclic) bond motifs is 1. The number of rotatable bonds is 6. The minimum atomic E-state index is -0.260. The lowest BCUT2D eigenvalue weighted by Crippen LogP contribution is -2.46. The lowest BCUT2D eigenvalue weighted by Gasteiger charge is -2.31. The number of benzene rings is 1. The van der Waals surface area contributed by atoms with Crippen molar-refractivity contribution >= 4 is 45.3 Å². The highest BCUT2D eigenvalue weighted by atomic mass is 32.2. The molecule has 0 aliphatic carbocycles. The van der Waals surface area contributed by atoms with Gasteiger partial charge in [0.15, 0.2) is 4.34 Å². The number of likely N-dealkylation sites (tertiary alicyclic amines) is 1. The quantitative estimate of drug-likeness (QED) is 0.761. The molecule has 8 heteroatoms. The van der Waals surface area contributed by atoms with E-state index in [2.05, 4.69) is 16.4 Å². The van der Waals surface area contributed by atoms with Crippen LogP contribution in [0.4, 0.5) is 4.79 Å². The highest BCUT2D eigenvalue weighted by Gasteiger charge is 2.24. The van der Waals surface area contributed by atoms with Gasteiger partial charge in [-0.05, 0) is 31.9 Å². The molecule has 1 aliphatic heterocycles. The summed E-state index contributed by atoms with van der Waals surface area (Å²) in [6, 6.07) is 8.20. The third-order valence-corrected chi connectivity index (χ3v) is 6.40. The van der Waals surface area contributed by atoms with Crippen LogP contribution >= 0.6 is 23.1 Å². The highest BCUT2D eigenvalue weighted by Crippen LogP contribution is 2.29. The number of carbonyl (C=O) groups is 2. The first-order valence-corrected chi connectivity index (χ1v) is 10.7. The molecule has 0 unspecified atom stereocenters. The molecule has 1 aliphatic rings. The number of nitrogens with zero attached hydrogens (tertiary/aromatic N) is 2. The predicted octanol–water partition coefficient (Wildman–Crippen LogP) is 3.52. The van der Waals surface area contributed by atoms with Gasteiger partial charge < -0.3 is 15.0 Å². The molecule has 6 nitrogen and oxygen atoms in total. The van der Waals surface area contributed by atoms with Crippen molar-refractivity contribution in [1.82, 2.24) is 15.2 Å². The largest absolute Gasteiger partial charge is 0.450 e. The van der Waals surface area contributed by atoms with E-state index in [1.54, 1.807) is 34.9 Å². The van der Waals surface area contributed by atoms with E-state index in [0.717, 1.165) is 22.7 Å². The number of para-hydroxylation sites is 1. The zero-order valence-corrected chi connectivity index (χ0v) is 16.4. The van der Waals surface area contributed by atoms with E-state index >= 15 is 0 Å². The van der Waals surface area contributed by atoms with Crippen LogP contribution in [0.15, 0.2) is 28.6 Å². The van der Waals surface area contributed by atoms with Crippen LogP contribution in [0.3, 0.4) is 0 Å². The van der Waals surface area contributed by atoms with Crippen molar-refractivity contribution < 1.29 is 14.3 Å². The van der Waals surface area contributed by atoms with Crippen LogP contribution in [0.2, 0.25) is 0 Å². The number of amides is 2. The third-order valence-electron chi connectivity index (χ3n) is 4.22. The van der Waals surface area contributed by atoms with E-state index in [-0.39, 0.29) is 18.0 Å². The lowest BCUT2D eigenvalue weighted by atomic mass is 10.1. The molecule has 2 heterocycles. The van der Waals surface area contributed by atoms with Gasteiger partial charge >= 0.3 is 6.09 Å². The fourth-order valence-corrected chi connectivity index (χ4v) is 4.94. The summed E-state index contributed by atoms with van der Waals surface area (Å²) < 4.78 is 7.18. The van der Waals surface area contributed by atoms with Gasteiger partial charge in [0.05, 0.1) is 16.8 Å². The van der Waals surface area contributed by atoms with E-state index in [9.17, 15) is 9.59 Å². The lowest BCUT2D eigenvalue weighted by molar-refractivity contribution is -0.121. The number of aromatic nitrogens is 1. The molecule has 1 fully saturated rings. The number of hydrogen-bond donors (Lipinski definition) is 1. The molecular weight excluding hydrogens is 370 g/mol. The fourth-order valence-electron chi connectivity index (χ4n) is 2.86. The van der Waals surface area contributed by atoms with Crippen LogP contribution in [0, 0.1) is 0 Å². The molecule has 1 N–H and O–H groups in total. The zero-order chi connectivity index (χ0) is 18.4. The van der Waals surface area contributed by atoms with Crippen LogP contribution in [0.5, 0.6) is 0 Å². The Bertz CT molecular complexity index is 724. The molecule has 0 spiro atoms. The van der Waals surface area contributed by atoms with Gasteiger partial charge in [0, 0.05) is 31.3 Å². The molecule has 2 aromatic rings. The number of nitrogens with one attached hydrogen (secondary N) is 1. The normalized spacial score (nSPS) is 15.2. The average molecular weight is 394 g/mol. The molecule has 2 amide bonds. The Morgan fingerprint density at radius 1 is 1.35 bits per heavy atom. The van der Waals surface area contributed by atoms with Crippen molar-refractivity contribution in [2.24, 2.45) is 0 Å². The minimum absolute atomic E-state index is 0.0631. The van der Waals surface area contributed by atoms with Crippen molar-refractivity contribution in [2.75, 3.05) is 25.4 Å². The van der Waals surface area contributed by atoms with Gasteiger partial charge in [0.25, 0.3) is 0 Å². The summed E-state index contributed by atoms with van der Waals surface area (Å²) in [6.45, 7) is 3.45. The van der Waals surface area contributed by atoms with Gasteiger partial charge in [-0.2, -0.15) is 0 Å².